The number of rotatable bonds is 3. The van der Waals surface area contributed by atoms with Crippen molar-refractivity contribution >= 4 is 23.2 Å². The first-order valence-electron chi connectivity index (χ1n) is 7.27. The van der Waals surface area contributed by atoms with Crippen molar-refractivity contribution in [3.05, 3.63) is 87.3 Å². The van der Waals surface area contributed by atoms with Crippen LogP contribution in [0.25, 0.3) is 5.69 Å². The van der Waals surface area contributed by atoms with Crippen LogP contribution in [0.2, 0.25) is 5.02 Å². The van der Waals surface area contributed by atoms with Gasteiger partial charge in [-0.3, -0.25) is 9.59 Å². The average Bonchev–Trinajstić information content (AvgIpc) is 2.55. The molecule has 5 nitrogen and oxygen atoms in total. The Hall–Kier alpha value is -2.92. The second kappa shape index (κ2) is 6.68. The molecule has 6 heteroatoms. The number of amides is 1. The number of benzene rings is 2. The third kappa shape index (κ3) is 3.52. The zero-order valence-electron chi connectivity index (χ0n) is 12.9. The van der Waals surface area contributed by atoms with Gasteiger partial charge in [0.05, 0.1) is 5.69 Å². The molecule has 1 amide bonds. The number of aryl methyl sites for hydroxylation is 1. The van der Waals surface area contributed by atoms with Crippen LogP contribution < -0.4 is 10.7 Å². The van der Waals surface area contributed by atoms with Crippen molar-refractivity contribution in [1.82, 2.24) is 9.78 Å². The molecule has 0 bridgehead atoms. The van der Waals surface area contributed by atoms with E-state index in [2.05, 4.69) is 10.4 Å². The summed E-state index contributed by atoms with van der Waals surface area (Å²) in [5, 5.41) is 7.37. The second-order valence-electron chi connectivity index (χ2n) is 5.28. The molecule has 1 N–H and O–H groups in total. The Labute approximate surface area is 143 Å². The topological polar surface area (TPSA) is 64.0 Å². The van der Waals surface area contributed by atoms with Gasteiger partial charge >= 0.3 is 0 Å². The fraction of sp³-hybridized carbons (Fsp3) is 0.0556. The maximum absolute atomic E-state index is 12.4. The number of hydrogen-bond donors (Lipinski definition) is 1. The van der Waals surface area contributed by atoms with Crippen LogP contribution >= 0.6 is 11.6 Å². The highest BCUT2D eigenvalue weighted by atomic mass is 35.5. The zero-order valence-corrected chi connectivity index (χ0v) is 13.6. The number of halogens is 1. The standard InChI is InChI=1S/C18H14ClN3O2/c1-12-4-2-6-14(10-12)20-18(24)17-16(23)8-9-22(21-17)15-7-3-5-13(19)11-15/h2-11H,1H3,(H,20,24). The van der Waals surface area contributed by atoms with E-state index in [-0.39, 0.29) is 5.69 Å². The molecule has 0 aliphatic rings. The van der Waals surface area contributed by atoms with Gasteiger partial charge in [0.15, 0.2) is 5.69 Å². The summed E-state index contributed by atoms with van der Waals surface area (Å²) in [5.41, 5.74) is 1.65. The Bertz CT molecular complexity index is 966. The van der Waals surface area contributed by atoms with Crippen LogP contribution in [0.4, 0.5) is 5.69 Å². The Kier molecular flexibility index (Phi) is 4.44. The van der Waals surface area contributed by atoms with Crippen molar-refractivity contribution < 1.29 is 4.79 Å². The number of carbonyl (C=O) groups is 1. The van der Waals surface area contributed by atoms with E-state index in [4.69, 9.17) is 11.6 Å². The summed E-state index contributed by atoms with van der Waals surface area (Å²) >= 11 is 5.97. The smallest absolute Gasteiger partial charge is 0.280 e. The molecule has 3 aromatic rings. The van der Waals surface area contributed by atoms with E-state index >= 15 is 0 Å². The van der Waals surface area contributed by atoms with Gasteiger partial charge in [0, 0.05) is 23.0 Å². The van der Waals surface area contributed by atoms with Crippen LogP contribution in [0.3, 0.4) is 0 Å². The molecule has 0 unspecified atom stereocenters. The van der Waals surface area contributed by atoms with Gasteiger partial charge in [-0.05, 0) is 42.8 Å². The number of nitrogens with one attached hydrogen (secondary N) is 1. The number of nitrogens with zero attached hydrogens (tertiary/aromatic N) is 2. The molecule has 0 radical (unpaired) electrons. The van der Waals surface area contributed by atoms with Gasteiger partial charge in [-0.15, -0.1) is 0 Å². The van der Waals surface area contributed by atoms with Gasteiger partial charge in [0.1, 0.15) is 0 Å². The molecular weight excluding hydrogens is 326 g/mol. The van der Waals surface area contributed by atoms with Crippen LogP contribution in [-0.4, -0.2) is 15.7 Å². The fourth-order valence-electron chi connectivity index (χ4n) is 2.24. The van der Waals surface area contributed by atoms with E-state index in [1.54, 1.807) is 30.3 Å². The molecule has 0 saturated heterocycles. The van der Waals surface area contributed by atoms with Gasteiger partial charge in [-0.2, -0.15) is 5.10 Å². The lowest BCUT2D eigenvalue weighted by atomic mass is 10.2. The van der Waals surface area contributed by atoms with Crippen molar-refractivity contribution in [2.24, 2.45) is 0 Å². The van der Waals surface area contributed by atoms with Crippen molar-refractivity contribution in [2.75, 3.05) is 5.32 Å². The first kappa shape index (κ1) is 16.0. The van der Waals surface area contributed by atoms with Crippen LogP contribution in [0.15, 0.2) is 65.6 Å². The summed E-state index contributed by atoms with van der Waals surface area (Å²) in [6.45, 7) is 1.92. The summed E-state index contributed by atoms with van der Waals surface area (Å²) in [7, 11) is 0. The van der Waals surface area contributed by atoms with Gasteiger partial charge in [0.25, 0.3) is 5.91 Å². The van der Waals surface area contributed by atoms with Crippen LogP contribution in [-0.2, 0) is 0 Å². The molecule has 1 heterocycles. The molecule has 120 valence electrons. The molecule has 0 atom stereocenters. The van der Waals surface area contributed by atoms with E-state index in [1.807, 2.05) is 25.1 Å². The minimum atomic E-state index is -0.554. The SMILES string of the molecule is Cc1cccc(NC(=O)c2nn(-c3cccc(Cl)c3)ccc2=O)c1. The molecule has 0 saturated carbocycles. The van der Waals surface area contributed by atoms with Crippen molar-refractivity contribution in [3.63, 3.8) is 0 Å². The summed E-state index contributed by atoms with van der Waals surface area (Å²) < 4.78 is 1.44. The predicted octanol–water partition coefficient (Wildman–Crippen LogP) is 3.45. The Morgan fingerprint density at radius 2 is 1.92 bits per heavy atom. The van der Waals surface area contributed by atoms with Crippen LogP contribution in [0, 0.1) is 6.92 Å². The number of aromatic nitrogens is 2. The molecule has 2 aromatic carbocycles. The minimum Gasteiger partial charge on any atom is -0.320 e. The zero-order chi connectivity index (χ0) is 17.1. The quantitative estimate of drug-likeness (QED) is 0.795. The highest BCUT2D eigenvalue weighted by Gasteiger charge is 2.14. The van der Waals surface area contributed by atoms with Gasteiger partial charge in [-0.1, -0.05) is 29.8 Å². The second-order valence-corrected chi connectivity index (χ2v) is 5.71. The summed E-state index contributed by atoms with van der Waals surface area (Å²) in [4.78, 5) is 24.4. The Morgan fingerprint density at radius 3 is 2.67 bits per heavy atom. The lowest BCUT2D eigenvalue weighted by Crippen LogP contribution is -2.25. The predicted molar refractivity (Wildman–Crippen MR) is 94.0 cm³/mol. The largest absolute Gasteiger partial charge is 0.320 e. The molecule has 3 rings (SSSR count). The first-order chi connectivity index (χ1) is 11.5. The molecule has 0 aliphatic heterocycles. The highest BCUT2D eigenvalue weighted by molar-refractivity contribution is 6.30. The van der Waals surface area contributed by atoms with E-state index < -0.39 is 11.3 Å². The maximum atomic E-state index is 12.4. The molecule has 0 fully saturated rings. The first-order valence-corrected chi connectivity index (χ1v) is 7.65. The molecule has 0 aliphatic carbocycles. The summed E-state index contributed by atoms with van der Waals surface area (Å²) in [6, 6.07) is 15.6. The van der Waals surface area contributed by atoms with Crippen LogP contribution in [0.1, 0.15) is 16.1 Å². The third-order valence-electron chi connectivity index (χ3n) is 3.37. The van der Waals surface area contributed by atoms with E-state index in [9.17, 15) is 9.59 Å². The van der Waals surface area contributed by atoms with Crippen molar-refractivity contribution in [3.8, 4) is 5.69 Å². The Morgan fingerprint density at radius 1 is 1.12 bits per heavy atom. The fourth-order valence-corrected chi connectivity index (χ4v) is 2.42. The van der Waals surface area contributed by atoms with Crippen molar-refractivity contribution in [1.29, 1.82) is 0 Å². The third-order valence-corrected chi connectivity index (χ3v) is 3.61. The van der Waals surface area contributed by atoms with Crippen molar-refractivity contribution in [2.45, 2.75) is 6.92 Å². The van der Waals surface area contributed by atoms with Crippen LogP contribution in [0.5, 0.6) is 0 Å². The molecule has 0 spiro atoms. The maximum Gasteiger partial charge on any atom is 0.280 e. The highest BCUT2D eigenvalue weighted by Crippen LogP contribution is 2.14. The molecule has 1 aromatic heterocycles. The van der Waals surface area contributed by atoms with E-state index in [0.717, 1.165) is 5.56 Å². The Balaban J connectivity index is 1.94. The van der Waals surface area contributed by atoms with Gasteiger partial charge < -0.3 is 5.32 Å². The number of carbonyl (C=O) groups excluding carboxylic acids is 1. The number of anilines is 1. The van der Waals surface area contributed by atoms with Gasteiger partial charge in [0.2, 0.25) is 5.43 Å². The summed E-state index contributed by atoms with van der Waals surface area (Å²) in [5.74, 6) is -0.554. The van der Waals surface area contributed by atoms with E-state index in [1.165, 1.54) is 16.9 Å². The normalized spacial score (nSPS) is 10.4. The average molecular weight is 340 g/mol. The lowest BCUT2D eigenvalue weighted by molar-refractivity contribution is 0.101. The monoisotopic (exact) mass is 339 g/mol. The lowest BCUT2D eigenvalue weighted by Gasteiger charge is -2.08. The van der Waals surface area contributed by atoms with E-state index in [0.29, 0.717) is 16.4 Å². The van der Waals surface area contributed by atoms with Gasteiger partial charge in [-0.25, -0.2) is 4.68 Å². The molecule has 24 heavy (non-hydrogen) atoms. The minimum absolute atomic E-state index is 0.181. The number of hydrogen-bond acceptors (Lipinski definition) is 3. The summed E-state index contributed by atoms with van der Waals surface area (Å²) in [6.07, 6.45) is 1.50. The molecular formula is C18H14ClN3O2.